The van der Waals surface area contributed by atoms with Crippen LogP contribution >= 0.6 is 11.3 Å². The number of rotatable bonds is 5. The Labute approximate surface area is 103 Å². The predicted octanol–water partition coefficient (Wildman–Crippen LogP) is 1.34. The van der Waals surface area contributed by atoms with Gasteiger partial charge in [0.25, 0.3) is 0 Å². The SMILES string of the molecule is Cc1nc(CCNC(=O)Cc2cccs2)no1. The van der Waals surface area contributed by atoms with E-state index in [0.717, 1.165) is 4.88 Å². The zero-order valence-electron chi connectivity index (χ0n) is 9.47. The molecule has 6 heteroatoms. The third kappa shape index (κ3) is 3.67. The fourth-order valence-electron chi connectivity index (χ4n) is 1.39. The van der Waals surface area contributed by atoms with Gasteiger partial charge in [0.05, 0.1) is 6.42 Å². The first-order chi connectivity index (χ1) is 8.24. The molecule has 1 amide bonds. The summed E-state index contributed by atoms with van der Waals surface area (Å²) >= 11 is 1.58. The summed E-state index contributed by atoms with van der Waals surface area (Å²) in [6.45, 7) is 2.27. The minimum atomic E-state index is 0.0210. The minimum Gasteiger partial charge on any atom is -0.355 e. The number of nitrogens with zero attached hydrogens (tertiary/aromatic N) is 2. The highest BCUT2D eigenvalue weighted by Gasteiger charge is 2.05. The highest BCUT2D eigenvalue weighted by atomic mass is 32.1. The van der Waals surface area contributed by atoms with Gasteiger partial charge >= 0.3 is 0 Å². The second-order valence-corrected chi connectivity index (χ2v) is 4.62. The summed E-state index contributed by atoms with van der Waals surface area (Å²) in [4.78, 5) is 16.7. The van der Waals surface area contributed by atoms with Crippen LogP contribution in [-0.4, -0.2) is 22.6 Å². The zero-order valence-corrected chi connectivity index (χ0v) is 10.3. The van der Waals surface area contributed by atoms with Crippen molar-refractivity contribution >= 4 is 17.2 Å². The summed E-state index contributed by atoms with van der Waals surface area (Å²) in [7, 11) is 0. The van der Waals surface area contributed by atoms with Gasteiger partial charge in [0.2, 0.25) is 11.8 Å². The van der Waals surface area contributed by atoms with Crippen LogP contribution in [0, 0.1) is 6.92 Å². The molecule has 1 N–H and O–H groups in total. The van der Waals surface area contributed by atoms with E-state index in [-0.39, 0.29) is 5.91 Å². The first-order valence-corrected chi connectivity index (χ1v) is 6.20. The van der Waals surface area contributed by atoms with E-state index in [9.17, 15) is 4.79 Å². The zero-order chi connectivity index (χ0) is 12.1. The molecule has 0 aliphatic heterocycles. The molecular formula is C11H13N3O2S. The van der Waals surface area contributed by atoms with E-state index >= 15 is 0 Å². The number of aromatic nitrogens is 2. The highest BCUT2D eigenvalue weighted by molar-refractivity contribution is 7.10. The number of hydrogen-bond acceptors (Lipinski definition) is 5. The van der Waals surface area contributed by atoms with E-state index in [1.165, 1.54) is 0 Å². The third-order valence-corrected chi connectivity index (χ3v) is 3.03. The maximum Gasteiger partial charge on any atom is 0.225 e. The largest absolute Gasteiger partial charge is 0.355 e. The topological polar surface area (TPSA) is 68.0 Å². The maximum atomic E-state index is 11.5. The molecule has 0 aliphatic rings. The molecule has 17 heavy (non-hydrogen) atoms. The number of hydrogen-bond donors (Lipinski definition) is 1. The van der Waals surface area contributed by atoms with Crippen molar-refractivity contribution in [2.24, 2.45) is 0 Å². The first kappa shape index (κ1) is 11.8. The minimum absolute atomic E-state index is 0.0210. The lowest BCUT2D eigenvalue weighted by Gasteiger charge is -2.01. The van der Waals surface area contributed by atoms with Crippen molar-refractivity contribution in [2.45, 2.75) is 19.8 Å². The molecule has 2 aromatic rings. The molecule has 0 aromatic carbocycles. The number of thiophene rings is 1. The number of aryl methyl sites for hydroxylation is 1. The first-order valence-electron chi connectivity index (χ1n) is 5.32. The van der Waals surface area contributed by atoms with Gasteiger partial charge in [-0.1, -0.05) is 11.2 Å². The lowest BCUT2D eigenvalue weighted by Crippen LogP contribution is -2.27. The molecular weight excluding hydrogens is 238 g/mol. The van der Waals surface area contributed by atoms with E-state index in [4.69, 9.17) is 4.52 Å². The fourth-order valence-corrected chi connectivity index (χ4v) is 2.09. The molecule has 0 radical (unpaired) electrons. The summed E-state index contributed by atoms with van der Waals surface area (Å²) in [6, 6.07) is 3.89. The normalized spacial score (nSPS) is 10.4. The van der Waals surface area contributed by atoms with Crippen molar-refractivity contribution in [3.8, 4) is 0 Å². The summed E-state index contributed by atoms with van der Waals surface area (Å²) in [5, 5.41) is 8.54. The number of amides is 1. The molecule has 2 heterocycles. The van der Waals surface area contributed by atoms with E-state index < -0.39 is 0 Å². The molecule has 5 nitrogen and oxygen atoms in total. The smallest absolute Gasteiger partial charge is 0.225 e. The van der Waals surface area contributed by atoms with Gasteiger partial charge in [0.15, 0.2) is 5.82 Å². The third-order valence-electron chi connectivity index (χ3n) is 2.16. The van der Waals surface area contributed by atoms with Crippen LogP contribution in [0.1, 0.15) is 16.6 Å². The highest BCUT2D eigenvalue weighted by Crippen LogP contribution is 2.08. The lowest BCUT2D eigenvalue weighted by molar-refractivity contribution is -0.120. The summed E-state index contributed by atoms with van der Waals surface area (Å²) in [5.74, 6) is 1.19. The van der Waals surface area contributed by atoms with Gasteiger partial charge in [0.1, 0.15) is 0 Å². The monoisotopic (exact) mass is 251 g/mol. The van der Waals surface area contributed by atoms with Crippen LogP contribution in [0.25, 0.3) is 0 Å². The van der Waals surface area contributed by atoms with Gasteiger partial charge < -0.3 is 9.84 Å². The molecule has 90 valence electrons. The summed E-state index contributed by atoms with van der Waals surface area (Å²) in [6.07, 6.45) is 1.02. The van der Waals surface area contributed by atoms with Crippen molar-refractivity contribution < 1.29 is 9.32 Å². The van der Waals surface area contributed by atoms with Gasteiger partial charge in [0, 0.05) is 24.8 Å². The van der Waals surface area contributed by atoms with Crippen LogP contribution in [0.15, 0.2) is 22.0 Å². The van der Waals surface area contributed by atoms with E-state index in [2.05, 4.69) is 15.5 Å². The van der Waals surface area contributed by atoms with Gasteiger partial charge in [-0.2, -0.15) is 4.98 Å². The van der Waals surface area contributed by atoms with Crippen LogP contribution in [0.5, 0.6) is 0 Å². The molecule has 0 bridgehead atoms. The van der Waals surface area contributed by atoms with Crippen molar-refractivity contribution in [3.63, 3.8) is 0 Å². The van der Waals surface area contributed by atoms with Gasteiger partial charge in [-0.05, 0) is 11.4 Å². The predicted molar refractivity (Wildman–Crippen MR) is 63.8 cm³/mol. The molecule has 0 aliphatic carbocycles. The van der Waals surface area contributed by atoms with Crippen molar-refractivity contribution in [1.29, 1.82) is 0 Å². The molecule has 0 fully saturated rings. The molecule has 2 rings (SSSR count). The van der Waals surface area contributed by atoms with Gasteiger partial charge in [-0.15, -0.1) is 11.3 Å². The van der Waals surface area contributed by atoms with Gasteiger partial charge in [-0.3, -0.25) is 4.79 Å². The molecule has 0 atom stereocenters. The van der Waals surface area contributed by atoms with Gasteiger partial charge in [-0.25, -0.2) is 0 Å². The van der Waals surface area contributed by atoms with E-state index in [1.807, 2.05) is 17.5 Å². The fraction of sp³-hybridized carbons (Fsp3) is 0.364. The number of carbonyl (C=O) groups excluding carboxylic acids is 1. The molecule has 2 aromatic heterocycles. The average molecular weight is 251 g/mol. The standard InChI is InChI=1S/C11H13N3O2S/c1-8-13-10(14-16-8)4-5-12-11(15)7-9-3-2-6-17-9/h2-3,6H,4-5,7H2,1H3,(H,12,15). The Morgan fingerprint density at radius 2 is 2.47 bits per heavy atom. The summed E-state index contributed by atoms with van der Waals surface area (Å²) < 4.78 is 4.84. The van der Waals surface area contributed by atoms with E-state index in [1.54, 1.807) is 18.3 Å². The Morgan fingerprint density at radius 3 is 3.12 bits per heavy atom. The Hall–Kier alpha value is -1.69. The number of carbonyl (C=O) groups is 1. The Bertz CT molecular complexity index is 479. The van der Waals surface area contributed by atoms with E-state index in [0.29, 0.717) is 31.1 Å². The van der Waals surface area contributed by atoms with Crippen molar-refractivity contribution in [3.05, 3.63) is 34.1 Å². The lowest BCUT2D eigenvalue weighted by atomic mass is 10.3. The van der Waals surface area contributed by atoms with Crippen molar-refractivity contribution in [2.75, 3.05) is 6.54 Å². The molecule has 0 spiro atoms. The second kappa shape index (κ2) is 5.58. The summed E-state index contributed by atoms with van der Waals surface area (Å²) in [5.41, 5.74) is 0. The molecule has 0 saturated carbocycles. The second-order valence-electron chi connectivity index (χ2n) is 3.59. The van der Waals surface area contributed by atoms with Crippen LogP contribution in [0.2, 0.25) is 0 Å². The van der Waals surface area contributed by atoms with Crippen LogP contribution < -0.4 is 5.32 Å². The quantitative estimate of drug-likeness (QED) is 0.870. The molecule has 0 saturated heterocycles. The Morgan fingerprint density at radius 1 is 1.59 bits per heavy atom. The molecule has 0 unspecified atom stereocenters. The Balaban J connectivity index is 1.70. The maximum absolute atomic E-state index is 11.5. The van der Waals surface area contributed by atoms with Crippen LogP contribution in [-0.2, 0) is 17.6 Å². The number of nitrogens with one attached hydrogen (secondary N) is 1. The average Bonchev–Trinajstić information content (AvgIpc) is 2.90. The van der Waals surface area contributed by atoms with Crippen molar-refractivity contribution in [1.82, 2.24) is 15.5 Å². The van der Waals surface area contributed by atoms with Crippen LogP contribution in [0.4, 0.5) is 0 Å². The Kier molecular flexibility index (Phi) is 3.87. The van der Waals surface area contributed by atoms with Crippen LogP contribution in [0.3, 0.4) is 0 Å².